The molecule has 3 aromatic heterocycles. The Morgan fingerprint density at radius 3 is 2.49 bits per heavy atom. The van der Waals surface area contributed by atoms with Gasteiger partial charge in [-0.3, -0.25) is 43.9 Å². The number of hydrogen-bond donors (Lipinski definition) is 3. The average Bonchev–Trinajstić information content (AvgIpc) is 4.10. The SMILES string of the molecule is O=C1CCC(N2C(=O)c3cccc(NCC4CC5(CCN(CC6CCC(n7cc(NC(=O)c8ccnc9ccc(N%10C[C@H]%11CC%10CO%11)nc89)c(C(F)F)n7)CC6)CC5)C4)c3C2=O)C(=O)N1. The molecule has 0 radical (unpaired) electrons. The lowest BCUT2D eigenvalue weighted by atomic mass is 9.57. The fraction of sp³-hybridized carbons (Fsp3) is 0.532. The van der Waals surface area contributed by atoms with Crippen LogP contribution in [0.1, 0.15) is 120 Å². The zero-order valence-corrected chi connectivity index (χ0v) is 36.0. The fourth-order valence-corrected chi connectivity index (χ4v) is 11.9. The minimum absolute atomic E-state index is 0.00652. The number of alkyl halides is 2. The van der Waals surface area contributed by atoms with Crippen LogP contribution in [0, 0.1) is 17.3 Å². The van der Waals surface area contributed by atoms with Crippen LogP contribution in [-0.2, 0) is 14.3 Å². The van der Waals surface area contributed by atoms with E-state index in [1.54, 1.807) is 35.1 Å². The number of aromatic nitrogens is 4. The van der Waals surface area contributed by atoms with Gasteiger partial charge in [-0.05, 0) is 125 Å². The number of halogens is 2. The number of hydrogen-bond acceptors (Lipinski definition) is 12. The van der Waals surface area contributed by atoms with E-state index in [2.05, 4.69) is 35.8 Å². The minimum atomic E-state index is -2.86. The van der Waals surface area contributed by atoms with E-state index in [0.717, 1.165) is 94.7 Å². The van der Waals surface area contributed by atoms with E-state index in [4.69, 9.17) is 9.72 Å². The maximum Gasteiger partial charge on any atom is 0.284 e. The number of rotatable bonds is 11. The molecule has 16 nitrogen and oxygen atoms in total. The van der Waals surface area contributed by atoms with Crippen LogP contribution < -0.4 is 20.9 Å². The molecular formula is C47H52F2N10O6. The molecule has 65 heavy (non-hydrogen) atoms. The number of carbonyl (C=O) groups is 5. The van der Waals surface area contributed by atoms with Crippen molar-refractivity contribution in [2.24, 2.45) is 17.3 Å². The van der Waals surface area contributed by atoms with Crippen molar-refractivity contribution in [3.05, 3.63) is 71.2 Å². The summed E-state index contributed by atoms with van der Waals surface area (Å²) in [6.07, 6.45) is 9.58. The van der Waals surface area contributed by atoms with E-state index in [-0.39, 0.29) is 53.4 Å². The molecule has 8 heterocycles. The smallest absolute Gasteiger partial charge is 0.284 e. The first kappa shape index (κ1) is 41.8. The lowest BCUT2D eigenvalue weighted by Crippen LogP contribution is -2.54. The molecule has 4 saturated heterocycles. The van der Waals surface area contributed by atoms with Crippen molar-refractivity contribution in [2.45, 2.75) is 101 Å². The molecule has 3 N–H and O–H groups in total. The highest BCUT2D eigenvalue weighted by Crippen LogP contribution is 2.53. The average molecular weight is 891 g/mol. The van der Waals surface area contributed by atoms with E-state index in [1.807, 2.05) is 12.1 Å². The number of nitrogens with zero attached hydrogens (tertiary/aromatic N) is 7. The second kappa shape index (κ2) is 16.5. The molecule has 1 spiro atoms. The van der Waals surface area contributed by atoms with Gasteiger partial charge in [0.05, 0.1) is 52.7 Å². The molecule has 3 atom stereocenters. The standard InChI is InChI=1S/C47H52F2N10O6/c48-42(49)41-35(52-43(61)32-12-15-50-34-8-10-37(53-40(32)34)57-23-30-18-29(57)25-65-30)24-58(55-41)28-6-4-26(5-7-28)22-56-16-13-47(14-17-56)19-27(20-47)21-51-33-3-1-2-31-39(33)46(64)59(45(31)63)36-9-11-38(60)54-44(36)62/h1-3,8,10,12,15,24,26-30,36,42,51H,4-7,9,11,13-14,16-23,25H2,(H,52,61)(H,54,60,62)/t26?,28?,29?,30-,36?/m1/s1. The second-order valence-corrected chi connectivity index (χ2v) is 19.4. The van der Waals surface area contributed by atoms with Gasteiger partial charge in [0.2, 0.25) is 11.8 Å². The number of nitrogens with one attached hydrogen (secondary N) is 3. The van der Waals surface area contributed by atoms with Gasteiger partial charge in [0.1, 0.15) is 17.4 Å². The number of pyridine rings is 2. The lowest BCUT2D eigenvalue weighted by Gasteiger charge is -2.53. The summed E-state index contributed by atoms with van der Waals surface area (Å²) in [4.78, 5) is 79.7. The Labute approximate surface area is 373 Å². The predicted molar refractivity (Wildman–Crippen MR) is 234 cm³/mol. The Hall–Kier alpha value is -5.88. The van der Waals surface area contributed by atoms with Gasteiger partial charge in [-0.2, -0.15) is 5.10 Å². The van der Waals surface area contributed by atoms with Crippen molar-refractivity contribution in [1.82, 2.24) is 34.9 Å². The monoisotopic (exact) mass is 890 g/mol. The molecule has 7 aliphatic rings. The summed E-state index contributed by atoms with van der Waals surface area (Å²) in [6.45, 7) is 5.16. The summed E-state index contributed by atoms with van der Waals surface area (Å²) in [7, 11) is 0. The summed E-state index contributed by atoms with van der Waals surface area (Å²) in [5.41, 5.74) is 2.26. The first-order chi connectivity index (χ1) is 31.5. The van der Waals surface area contributed by atoms with Gasteiger partial charge < -0.3 is 25.2 Å². The number of likely N-dealkylation sites (tertiary alicyclic amines) is 1. The molecule has 2 unspecified atom stereocenters. The Bertz CT molecular complexity index is 2580. The van der Waals surface area contributed by atoms with Gasteiger partial charge >= 0.3 is 0 Å². The van der Waals surface area contributed by atoms with Crippen molar-refractivity contribution in [3.63, 3.8) is 0 Å². The number of ether oxygens (including phenoxy) is 1. The number of benzene rings is 1. The number of amides is 5. The summed E-state index contributed by atoms with van der Waals surface area (Å²) in [5, 5.41) is 12.8. The van der Waals surface area contributed by atoms with E-state index in [1.165, 1.54) is 6.20 Å². The highest BCUT2D eigenvalue weighted by Gasteiger charge is 2.48. The molecule has 11 rings (SSSR count). The van der Waals surface area contributed by atoms with Gasteiger partial charge in [-0.1, -0.05) is 6.07 Å². The third-order valence-electron chi connectivity index (χ3n) is 15.3. The van der Waals surface area contributed by atoms with Crippen LogP contribution >= 0.6 is 0 Å². The zero-order valence-electron chi connectivity index (χ0n) is 36.0. The van der Waals surface area contributed by atoms with Crippen LogP contribution in [0.25, 0.3) is 11.0 Å². The Morgan fingerprint density at radius 1 is 0.938 bits per heavy atom. The van der Waals surface area contributed by atoms with Crippen LogP contribution in [0.3, 0.4) is 0 Å². The van der Waals surface area contributed by atoms with E-state index < -0.39 is 47.7 Å². The van der Waals surface area contributed by atoms with Gasteiger partial charge in [0.15, 0.2) is 5.69 Å². The van der Waals surface area contributed by atoms with E-state index in [9.17, 15) is 32.8 Å². The predicted octanol–water partition coefficient (Wildman–Crippen LogP) is 5.73. The van der Waals surface area contributed by atoms with Gasteiger partial charge in [-0.15, -0.1) is 0 Å². The van der Waals surface area contributed by atoms with Crippen molar-refractivity contribution in [3.8, 4) is 0 Å². The molecule has 5 amide bonds. The number of piperidine rings is 2. The maximum atomic E-state index is 14.4. The van der Waals surface area contributed by atoms with Crippen molar-refractivity contribution in [1.29, 1.82) is 0 Å². The van der Waals surface area contributed by atoms with Crippen LogP contribution in [0.5, 0.6) is 0 Å². The van der Waals surface area contributed by atoms with E-state index >= 15 is 0 Å². The molecule has 340 valence electrons. The summed E-state index contributed by atoms with van der Waals surface area (Å²) in [6, 6.07) is 9.68. The normalized spacial score (nSPS) is 26.6. The van der Waals surface area contributed by atoms with Crippen LogP contribution in [0.2, 0.25) is 0 Å². The summed E-state index contributed by atoms with van der Waals surface area (Å²) >= 11 is 0. The zero-order chi connectivity index (χ0) is 44.6. The van der Waals surface area contributed by atoms with Crippen LogP contribution in [0.4, 0.5) is 26.0 Å². The molecule has 2 aliphatic carbocycles. The van der Waals surface area contributed by atoms with Gasteiger partial charge in [0.25, 0.3) is 24.1 Å². The third-order valence-corrected chi connectivity index (χ3v) is 15.3. The molecule has 6 fully saturated rings. The van der Waals surface area contributed by atoms with Gasteiger partial charge in [-0.25, -0.2) is 13.8 Å². The Morgan fingerprint density at radius 2 is 1.75 bits per heavy atom. The Balaban J connectivity index is 0.651. The van der Waals surface area contributed by atoms with Gasteiger partial charge in [0, 0.05) is 44.1 Å². The molecule has 2 bridgehead atoms. The quantitative estimate of drug-likeness (QED) is 0.156. The van der Waals surface area contributed by atoms with Crippen LogP contribution in [0.15, 0.2) is 48.8 Å². The third kappa shape index (κ3) is 7.71. The number of fused-ring (bicyclic) bond motifs is 4. The van der Waals surface area contributed by atoms with E-state index in [0.29, 0.717) is 47.1 Å². The summed E-state index contributed by atoms with van der Waals surface area (Å²) in [5.74, 6) is -0.877. The maximum absolute atomic E-state index is 14.4. The molecule has 4 aromatic rings. The second-order valence-electron chi connectivity index (χ2n) is 19.4. The topological polar surface area (TPSA) is 184 Å². The largest absolute Gasteiger partial charge is 0.384 e. The number of imide groups is 2. The van der Waals surface area contributed by atoms with Crippen molar-refractivity contribution in [2.75, 3.05) is 54.9 Å². The van der Waals surface area contributed by atoms with Crippen molar-refractivity contribution >= 4 is 57.8 Å². The molecule has 2 saturated carbocycles. The first-order valence-electron chi connectivity index (χ1n) is 23.1. The first-order valence-corrected chi connectivity index (χ1v) is 23.1. The molecule has 1 aromatic carbocycles. The summed E-state index contributed by atoms with van der Waals surface area (Å²) < 4.78 is 36.2. The number of carbonyl (C=O) groups excluding carboxylic acids is 5. The fourth-order valence-electron chi connectivity index (χ4n) is 11.9. The number of morpholine rings is 1. The lowest BCUT2D eigenvalue weighted by molar-refractivity contribution is -0.136. The Kier molecular flexibility index (Phi) is 10.6. The highest BCUT2D eigenvalue weighted by molar-refractivity contribution is 6.25. The van der Waals surface area contributed by atoms with Crippen molar-refractivity contribution < 1.29 is 37.5 Å². The molecular weight excluding hydrogens is 839 g/mol. The highest BCUT2D eigenvalue weighted by atomic mass is 19.3. The molecule has 18 heteroatoms. The van der Waals surface area contributed by atoms with Crippen LogP contribution in [-0.4, -0.2) is 117 Å². The number of anilines is 3. The molecule has 5 aliphatic heterocycles. The minimum Gasteiger partial charge on any atom is -0.384 e.